The predicted molar refractivity (Wildman–Crippen MR) is 67.8 cm³/mol. The van der Waals surface area contributed by atoms with Crippen molar-refractivity contribution in [2.24, 2.45) is 5.73 Å². The minimum Gasteiger partial charge on any atom is -0.361 e. The molecule has 0 unspecified atom stereocenters. The number of hydrogen-bond donors (Lipinski definition) is 2. The van der Waals surface area contributed by atoms with E-state index in [0.717, 1.165) is 42.7 Å². The summed E-state index contributed by atoms with van der Waals surface area (Å²) in [4.78, 5) is 12.2. The molecule has 3 N–H and O–H groups in total. The minimum atomic E-state index is -0.683. The van der Waals surface area contributed by atoms with Gasteiger partial charge in [0.25, 0.3) is 0 Å². The predicted octanol–water partition coefficient (Wildman–Crippen LogP) is 1.57. The van der Waals surface area contributed by atoms with Gasteiger partial charge in [-0.2, -0.15) is 0 Å². The monoisotopic (exact) mass is 251 g/mol. The Morgan fingerprint density at radius 3 is 2.61 bits per heavy atom. The lowest BCUT2D eigenvalue weighted by Crippen LogP contribution is -2.54. The van der Waals surface area contributed by atoms with Crippen LogP contribution in [0.4, 0.5) is 0 Å². The van der Waals surface area contributed by atoms with E-state index in [9.17, 15) is 4.79 Å². The Morgan fingerprint density at radius 2 is 2.06 bits per heavy atom. The molecule has 5 heteroatoms. The van der Waals surface area contributed by atoms with Crippen LogP contribution in [0, 0.1) is 13.8 Å². The van der Waals surface area contributed by atoms with Crippen LogP contribution in [0.2, 0.25) is 0 Å². The molecule has 0 aromatic carbocycles. The summed E-state index contributed by atoms with van der Waals surface area (Å²) in [6.45, 7) is 4.16. The summed E-state index contributed by atoms with van der Waals surface area (Å²) in [5, 5.41) is 6.78. The van der Waals surface area contributed by atoms with E-state index < -0.39 is 5.54 Å². The molecule has 1 aliphatic rings. The van der Waals surface area contributed by atoms with Crippen molar-refractivity contribution >= 4 is 5.91 Å². The number of nitrogens with one attached hydrogen (secondary N) is 1. The number of nitrogens with two attached hydrogens (primary N) is 1. The molecule has 0 aliphatic heterocycles. The van der Waals surface area contributed by atoms with Gasteiger partial charge in [-0.05, 0) is 26.7 Å². The molecule has 0 radical (unpaired) electrons. The molecule has 1 saturated carbocycles. The summed E-state index contributed by atoms with van der Waals surface area (Å²) < 4.78 is 5.07. The SMILES string of the molecule is Cc1noc(C)c1CNC(=O)C1(N)CCCCC1. The third kappa shape index (κ3) is 2.56. The van der Waals surface area contributed by atoms with Crippen molar-refractivity contribution in [1.29, 1.82) is 0 Å². The van der Waals surface area contributed by atoms with E-state index in [1.807, 2.05) is 13.8 Å². The van der Waals surface area contributed by atoms with Crippen LogP contribution in [0.5, 0.6) is 0 Å². The van der Waals surface area contributed by atoms with Gasteiger partial charge in [0.05, 0.1) is 11.2 Å². The average molecular weight is 251 g/mol. The first-order valence-electron chi connectivity index (χ1n) is 6.52. The van der Waals surface area contributed by atoms with Crippen molar-refractivity contribution in [3.05, 3.63) is 17.0 Å². The average Bonchev–Trinajstić information content (AvgIpc) is 2.67. The maximum Gasteiger partial charge on any atom is 0.240 e. The molecule has 5 nitrogen and oxygen atoms in total. The summed E-state index contributed by atoms with van der Waals surface area (Å²) in [6, 6.07) is 0. The zero-order valence-electron chi connectivity index (χ0n) is 11.1. The molecular weight excluding hydrogens is 230 g/mol. The lowest BCUT2D eigenvalue weighted by molar-refractivity contribution is -0.127. The first-order valence-corrected chi connectivity index (χ1v) is 6.52. The van der Waals surface area contributed by atoms with Crippen molar-refractivity contribution < 1.29 is 9.32 Å². The number of hydrogen-bond acceptors (Lipinski definition) is 4. The number of carbonyl (C=O) groups excluding carboxylic acids is 1. The maximum atomic E-state index is 12.2. The Morgan fingerprint density at radius 1 is 1.39 bits per heavy atom. The summed E-state index contributed by atoms with van der Waals surface area (Å²) in [5.74, 6) is 0.699. The van der Waals surface area contributed by atoms with Crippen LogP contribution in [0.3, 0.4) is 0 Å². The second-order valence-corrected chi connectivity index (χ2v) is 5.20. The molecule has 18 heavy (non-hydrogen) atoms. The Labute approximate surface area is 107 Å². The van der Waals surface area contributed by atoms with E-state index >= 15 is 0 Å². The van der Waals surface area contributed by atoms with E-state index in [4.69, 9.17) is 10.3 Å². The number of amides is 1. The lowest BCUT2D eigenvalue weighted by Gasteiger charge is -2.31. The number of carbonyl (C=O) groups is 1. The van der Waals surface area contributed by atoms with Crippen LogP contribution in [-0.4, -0.2) is 16.6 Å². The van der Waals surface area contributed by atoms with Gasteiger partial charge < -0.3 is 15.6 Å². The largest absolute Gasteiger partial charge is 0.361 e. The highest BCUT2D eigenvalue weighted by Crippen LogP contribution is 2.26. The van der Waals surface area contributed by atoms with Gasteiger partial charge in [0.15, 0.2) is 0 Å². The fourth-order valence-corrected chi connectivity index (χ4v) is 2.51. The second kappa shape index (κ2) is 5.10. The second-order valence-electron chi connectivity index (χ2n) is 5.20. The van der Waals surface area contributed by atoms with Crippen molar-refractivity contribution in [2.45, 2.75) is 58.0 Å². The molecule has 0 bridgehead atoms. The van der Waals surface area contributed by atoms with E-state index in [-0.39, 0.29) is 5.91 Å². The van der Waals surface area contributed by atoms with E-state index in [1.54, 1.807) is 0 Å². The van der Waals surface area contributed by atoms with Gasteiger partial charge in [-0.3, -0.25) is 4.79 Å². The van der Waals surface area contributed by atoms with Gasteiger partial charge in [-0.15, -0.1) is 0 Å². The molecule has 0 atom stereocenters. The third-order valence-corrected chi connectivity index (χ3v) is 3.80. The zero-order chi connectivity index (χ0) is 13.2. The zero-order valence-corrected chi connectivity index (χ0v) is 11.1. The molecule has 1 fully saturated rings. The first-order chi connectivity index (χ1) is 8.53. The highest BCUT2D eigenvalue weighted by atomic mass is 16.5. The number of nitrogens with zero attached hydrogens (tertiary/aromatic N) is 1. The Hall–Kier alpha value is -1.36. The smallest absolute Gasteiger partial charge is 0.240 e. The van der Waals surface area contributed by atoms with Gasteiger partial charge in [0.2, 0.25) is 5.91 Å². The maximum absolute atomic E-state index is 12.2. The van der Waals surface area contributed by atoms with Gasteiger partial charge in [0, 0.05) is 12.1 Å². The molecular formula is C13H21N3O2. The van der Waals surface area contributed by atoms with Crippen LogP contribution in [0.15, 0.2) is 4.52 Å². The number of aryl methyl sites for hydroxylation is 2. The van der Waals surface area contributed by atoms with E-state index in [1.165, 1.54) is 6.42 Å². The Bertz CT molecular complexity index is 414. The summed E-state index contributed by atoms with van der Waals surface area (Å²) in [5.41, 5.74) is 7.25. The molecule has 0 spiro atoms. The standard InChI is InChI=1S/C13H21N3O2/c1-9-11(10(2)18-16-9)8-15-12(17)13(14)6-4-3-5-7-13/h3-8,14H2,1-2H3,(H,15,17). The summed E-state index contributed by atoms with van der Waals surface area (Å²) in [6.07, 6.45) is 4.81. The fraction of sp³-hybridized carbons (Fsp3) is 0.692. The third-order valence-electron chi connectivity index (χ3n) is 3.80. The Kier molecular flexibility index (Phi) is 3.71. The summed E-state index contributed by atoms with van der Waals surface area (Å²) >= 11 is 0. The van der Waals surface area contributed by atoms with Crippen LogP contribution in [0.1, 0.15) is 49.1 Å². The molecule has 1 heterocycles. The van der Waals surface area contributed by atoms with Crippen molar-refractivity contribution in [3.63, 3.8) is 0 Å². The lowest BCUT2D eigenvalue weighted by atomic mass is 9.82. The molecule has 0 saturated heterocycles. The molecule has 1 amide bonds. The first kappa shape index (κ1) is 13.1. The highest BCUT2D eigenvalue weighted by molar-refractivity contribution is 5.86. The van der Waals surface area contributed by atoms with Crippen molar-refractivity contribution in [3.8, 4) is 0 Å². The van der Waals surface area contributed by atoms with Crippen LogP contribution >= 0.6 is 0 Å². The van der Waals surface area contributed by atoms with E-state index in [2.05, 4.69) is 10.5 Å². The van der Waals surface area contributed by atoms with Crippen molar-refractivity contribution in [1.82, 2.24) is 10.5 Å². The Balaban J connectivity index is 1.96. The van der Waals surface area contributed by atoms with Crippen LogP contribution in [0.25, 0.3) is 0 Å². The number of rotatable bonds is 3. The van der Waals surface area contributed by atoms with E-state index in [0.29, 0.717) is 6.54 Å². The van der Waals surface area contributed by atoms with Crippen LogP contribution in [-0.2, 0) is 11.3 Å². The highest BCUT2D eigenvalue weighted by Gasteiger charge is 2.35. The van der Waals surface area contributed by atoms with Gasteiger partial charge in [-0.25, -0.2) is 0 Å². The molecule has 100 valence electrons. The van der Waals surface area contributed by atoms with Crippen LogP contribution < -0.4 is 11.1 Å². The molecule has 2 rings (SSSR count). The van der Waals surface area contributed by atoms with Gasteiger partial charge in [0.1, 0.15) is 5.76 Å². The molecule has 1 aliphatic carbocycles. The van der Waals surface area contributed by atoms with Gasteiger partial charge in [-0.1, -0.05) is 24.4 Å². The molecule has 1 aromatic heterocycles. The quantitative estimate of drug-likeness (QED) is 0.854. The van der Waals surface area contributed by atoms with Crippen molar-refractivity contribution in [2.75, 3.05) is 0 Å². The van der Waals surface area contributed by atoms with Gasteiger partial charge >= 0.3 is 0 Å². The minimum absolute atomic E-state index is 0.0535. The molecule has 1 aromatic rings. The fourth-order valence-electron chi connectivity index (χ4n) is 2.51. The summed E-state index contributed by atoms with van der Waals surface area (Å²) in [7, 11) is 0. The number of aromatic nitrogens is 1. The topological polar surface area (TPSA) is 81.2 Å². The normalized spacial score (nSPS) is 18.6.